The first-order valence-corrected chi connectivity index (χ1v) is 4.06. The quantitative estimate of drug-likeness (QED) is 0.626. The predicted octanol–water partition coefficient (Wildman–Crippen LogP) is 3.59. The lowest BCUT2D eigenvalue weighted by atomic mass is 10.0. The Bertz CT molecular complexity index is 287. The van der Waals surface area contributed by atoms with Crippen molar-refractivity contribution in [3.63, 3.8) is 0 Å². The zero-order valence-corrected chi connectivity index (χ0v) is 7.47. The molecule has 0 aromatic heterocycles. The van der Waals surface area contributed by atoms with Crippen LogP contribution in [0.25, 0.3) is 6.08 Å². The van der Waals surface area contributed by atoms with Gasteiger partial charge in [0, 0.05) is 0 Å². The van der Waals surface area contributed by atoms with Crippen LogP contribution >= 0.6 is 0 Å². The zero-order chi connectivity index (χ0) is 9.14. The van der Waals surface area contributed by atoms with Gasteiger partial charge in [-0.1, -0.05) is 32.6 Å². The van der Waals surface area contributed by atoms with Crippen LogP contribution in [0.2, 0.25) is 0 Å². The molecule has 0 saturated carbocycles. The second-order valence-corrected chi connectivity index (χ2v) is 3.18. The van der Waals surface area contributed by atoms with Crippen molar-refractivity contribution < 1.29 is 4.39 Å². The molecular formula is C11H13F. The fraction of sp³-hybridized carbons (Fsp3) is 0.273. The van der Waals surface area contributed by atoms with Gasteiger partial charge < -0.3 is 0 Å². The fourth-order valence-electron chi connectivity index (χ4n) is 1.09. The van der Waals surface area contributed by atoms with Gasteiger partial charge in [-0.2, -0.15) is 0 Å². The van der Waals surface area contributed by atoms with Crippen molar-refractivity contribution in [1.82, 2.24) is 0 Å². The van der Waals surface area contributed by atoms with E-state index in [0.29, 0.717) is 5.92 Å². The molecule has 0 aliphatic heterocycles. The summed E-state index contributed by atoms with van der Waals surface area (Å²) >= 11 is 0. The van der Waals surface area contributed by atoms with E-state index >= 15 is 0 Å². The molecule has 1 aromatic carbocycles. The van der Waals surface area contributed by atoms with Crippen molar-refractivity contribution in [3.05, 3.63) is 41.7 Å². The Kier molecular flexibility index (Phi) is 2.64. The van der Waals surface area contributed by atoms with Crippen molar-refractivity contribution in [1.29, 1.82) is 0 Å². The van der Waals surface area contributed by atoms with Crippen LogP contribution in [0.5, 0.6) is 0 Å². The van der Waals surface area contributed by atoms with E-state index in [9.17, 15) is 4.39 Å². The van der Waals surface area contributed by atoms with Gasteiger partial charge in [-0.05, 0) is 29.2 Å². The Labute approximate surface area is 72.7 Å². The van der Waals surface area contributed by atoms with Gasteiger partial charge in [-0.25, -0.2) is 4.39 Å². The molecule has 0 unspecified atom stereocenters. The Balaban J connectivity index is 3.14. The summed E-state index contributed by atoms with van der Waals surface area (Å²) in [6, 6.07) is 5.01. The van der Waals surface area contributed by atoms with E-state index in [2.05, 4.69) is 6.58 Å². The van der Waals surface area contributed by atoms with Crippen LogP contribution in [0, 0.1) is 5.82 Å². The summed E-state index contributed by atoms with van der Waals surface area (Å²) in [5.74, 6) is 0.176. The first-order valence-electron chi connectivity index (χ1n) is 4.06. The molecule has 64 valence electrons. The van der Waals surface area contributed by atoms with Crippen molar-refractivity contribution in [2.45, 2.75) is 19.8 Å². The summed E-state index contributed by atoms with van der Waals surface area (Å²) in [7, 11) is 0. The maximum absolute atomic E-state index is 12.9. The number of hydrogen-bond acceptors (Lipinski definition) is 0. The minimum Gasteiger partial charge on any atom is -0.207 e. The highest BCUT2D eigenvalue weighted by atomic mass is 19.1. The fourth-order valence-corrected chi connectivity index (χ4v) is 1.09. The molecule has 0 amide bonds. The third-order valence-corrected chi connectivity index (χ3v) is 1.84. The molecule has 1 aromatic rings. The van der Waals surface area contributed by atoms with Gasteiger partial charge >= 0.3 is 0 Å². The van der Waals surface area contributed by atoms with Gasteiger partial charge in [0.25, 0.3) is 0 Å². The minimum atomic E-state index is -0.184. The second-order valence-electron chi connectivity index (χ2n) is 3.18. The molecule has 0 bridgehead atoms. The molecule has 0 spiro atoms. The van der Waals surface area contributed by atoms with Gasteiger partial charge in [-0.15, -0.1) is 0 Å². The molecule has 12 heavy (non-hydrogen) atoms. The lowest BCUT2D eigenvalue weighted by Crippen LogP contribution is -1.89. The highest BCUT2D eigenvalue weighted by Crippen LogP contribution is 2.18. The summed E-state index contributed by atoms with van der Waals surface area (Å²) in [6.45, 7) is 7.69. The van der Waals surface area contributed by atoms with E-state index < -0.39 is 0 Å². The average Bonchev–Trinajstić information content (AvgIpc) is 2.03. The van der Waals surface area contributed by atoms with Crippen molar-refractivity contribution in [3.8, 4) is 0 Å². The van der Waals surface area contributed by atoms with E-state index in [1.54, 1.807) is 12.1 Å². The third kappa shape index (κ3) is 1.94. The molecule has 0 N–H and O–H groups in total. The number of benzene rings is 1. The normalized spacial score (nSPS) is 10.3. The minimum absolute atomic E-state index is 0.184. The lowest BCUT2D eigenvalue weighted by Gasteiger charge is -2.06. The summed E-state index contributed by atoms with van der Waals surface area (Å²) < 4.78 is 12.9. The van der Waals surface area contributed by atoms with Gasteiger partial charge in [0.05, 0.1) is 0 Å². The first kappa shape index (κ1) is 8.98. The highest BCUT2D eigenvalue weighted by molar-refractivity contribution is 5.48. The van der Waals surface area contributed by atoms with Gasteiger partial charge in [0.1, 0.15) is 5.82 Å². The summed E-state index contributed by atoms with van der Waals surface area (Å²) in [5, 5.41) is 0. The van der Waals surface area contributed by atoms with E-state index in [-0.39, 0.29) is 5.82 Å². The van der Waals surface area contributed by atoms with Gasteiger partial charge in [-0.3, -0.25) is 0 Å². The largest absolute Gasteiger partial charge is 0.207 e. The SMILES string of the molecule is C=Cc1cc(F)cc(C(C)C)c1. The van der Waals surface area contributed by atoms with Crippen LogP contribution in [0.4, 0.5) is 4.39 Å². The van der Waals surface area contributed by atoms with E-state index in [4.69, 9.17) is 0 Å². The molecular weight excluding hydrogens is 151 g/mol. The molecule has 0 aliphatic carbocycles. The molecule has 0 radical (unpaired) electrons. The van der Waals surface area contributed by atoms with Crippen molar-refractivity contribution >= 4 is 6.08 Å². The van der Waals surface area contributed by atoms with Crippen molar-refractivity contribution in [2.24, 2.45) is 0 Å². The number of rotatable bonds is 2. The summed E-state index contributed by atoms with van der Waals surface area (Å²) in [5.41, 5.74) is 1.86. The molecule has 0 fully saturated rings. The number of hydrogen-bond donors (Lipinski definition) is 0. The van der Waals surface area contributed by atoms with Crippen LogP contribution in [-0.2, 0) is 0 Å². The average molecular weight is 164 g/mol. The van der Waals surface area contributed by atoms with Gasteiger partial charge in [0.15, 0.2) is 0 Å². The Morgan fingerprint density at radius 1 is 1.33 bits per heavy atom. The monoisotopic (exact) mass is 164 g/mol. The second kappa shape index (κ2) is 3.53. The van der Waals surface area contributed by atoms with Crippen LogP contribution < -0.4 is 0 Å². The first-order chi connectivity index (χ1) is 5.63. The van der Waals surface area contributed by atoms with Crippen LogP contribution in [-0.4, -0.2) is 0 Å². The Morgan fingerprint density at radius 2 is 2.00 bits per heavy atom. The molecule has 0 heterocycles. The third-order valence-electron chi connectivity index (χ3n) is 1.84. The topological polar surface area (TPSA) is 0 Å². The van der Waals surface area contributed by atoms with Gasteiger partial charge in [0.2, 0.25) is 0 Å². The molecule has 0 atom stereocenters. The van der Waals surface area contributed by atoms with Crippen molar-refractivity contribution in [2.75, 3.05) is 0 Å². The van der Waals surface area contributed by atoms with E-state index in [1.807, 2.05) is 19.9 Å². The molecule has 0 saturated heterocycles. The maximum atomic E-state index is 12.9. The van der Waals surface area contributed by atoms with Crippen LogP contribution in [0.3, 0.4) is 0 Å². The Hall–Kier alpha value is -1.11. The zero-order valence-electron chi connectivity index (χ0n) is 7.47. The van der Waals surface area contributed by atoms with E-state index in [0.717, 1.165) is 11.1 Å². The van der Waals surface area contributed by atoms with E-state index in [1.165, 1.54) is 6.07 Å². The highest BCUT2D eigenvalue weighted by Gasteiger charge is 2.01. The molecule has 0 nitrogen and oxygen atoms in total. The summed E-state index contributed by atoms with van der Waals surface area (Å²) in [4.78, 5) is 0. The summed E-state index contributed by atoms with van der Waals surface area (Å²) in [6.07, 6.45) is 1.66. The lowest BCUT2D eigenvalue weighted by molar-refractivity contribution is 0.623. The smallest absolute Gasteiger partial charge is 0.124 e. The molecule has 0 aliphatic rings. The number of halogens is 1. The molecule has 1 rings (SSSR count). The predicted molar refractivity (Wildman–Crippen MR) is 50.6 cm³/mol. The standard InChI is InChI=1S/C11H13F/c1-4-9-5-10(8(2)3)7-11(12)6-9/h4-8H,1H2,2-3H3. The Morgan fingerprint density at radius 3 is 2.50 bits per heavy atom. The van der Waals surface area contributed by atoms with Crippen LogP contribution in [0.15, 0.2) is 24.8 Å². The maximum Gasteiger partial charge on any atom is 0.124 e. The molecule has 1 heteroatoms. The van der Waals surface area contributed by atoms with Crippen LogP contribution in [0.1, 0.15) is 30.9 Å².